The van der Waals surface area contributed by atoms with Gasteiger partial charge in [-0.2, -0.15) is 0 Å². The smallest absolute Gasteiger partial charge is 0.186 e. The first-order valence-electron chi connectivity index (χ1n) is 11.5. The lowest BCUT2D eigenvalue weighted by Gasteiger charge is -2.39. The highest BCUT2D eigenvalue weighted by molar-refractivity contribution is 7.22. The minimum absolute atomic E-state index is 0.0180. The van der Waals surface area contributed by atoms with Gasteiger partial charge in [0.1, 0.15) is 5.75 Å². The Kier molecular flexibility index (Phi) is 6.24. The number of nitrogens with zero attached hydrogens (tertiary/aromatic N) is 7. The van der Waals surface area contributed by atoms with Crippen LogP contribution >= 0.6 is 11.3 Å². The molecule has 1 saturated heterocycles. The molecule has 4 aromatic rings. The minimum atomic E-state index is -0.0180. The molecule has 0 radical (unpaired) electrons. The number of aromatic nitrogens is 5. The quantitative estimate of drug-likeness (QED) is 0.407. The Morgan fingerprint density at radius 2 is 1.76 bits per heavy atom. The third kappa shape index (κ3) is 4.43. The Morgan fingerprint density at radius 1 is 1.00 bits per heavy atom. The zero-order valence-electron chi connectivity index (χ0n) is 19.3. The van der Waals surface area contributed by atoms with E-state index in [1.165, 1.54) is 10.3 Å². The normalized spacial score (nSPS) is 15.9. The summed E-state index contributed by atoms with van der Waals surface area (Å²) in [6, 6.07) is 16.8. The van der Waals surface area contributed by atoms with Gasteiger partial charge < -0.3 is 9.64 Å². The van der Waals surface area contributed by atoms with Crippen LogP contribution in [0.2, 0.25) is 0 Å². The van der Waals surface area contributed by atoms with Gasteiger partial charge >= 0.3 is 0 Å². The van der Waals surface area contributed by atoms with Gasteiger partial charge in [-0.05, 0) is 61.0 Å². The monoisotopic (exact) mass is 463 g/mol. The number of anilines is 1. The van der Waals surface area contributed by atoms with E-state index in [0.29, 0.717) is 6.61 Å². The molecule has 0 amide bonds. The summed E-state index contributed by atoms with van der Waals surface area (Å²) in [6.07, 6.45) is 0. The van der Waals surface area contributed by atoms with Gasteiger partial charge in [0.15, 0.2) is 11.0 Å². The summed E-state index contributed by atoms with van der Waals surface area (Å²) in [7, 11) is 0. The number of hydrogen-bond donors (Lipinski definition) is 0. The molecule has 2 aromatic heterocycles. The van der Waals surface area contributed by atoms with E-state index in [1.807, 2.05) is 29.8 Å². The third-order valence-corrected chi connectivity index (χ3v) is 7.09. The van der Waals surface area contributed by atoms with Crippen LogP contribution in [0.15, 0.2) is 48.5 Å². The van der Waals surface area contributed by atoms with Crippen molar-refractivity contribution in [2.45, 2.75) is 32.9 Å². The third-order valence-electron chi connectivity index (χ3n) is 5.99. The molecule has 0 bridgehead atoms. The number of fused-ring (bicyclic) bond motifs is 1. The van der Waals surface area contributed by atoms with Crippen molar-refractivity contribution >= 4 is 26.7 Å². The second kappa shape index (κ2) is 9.44. The molecule has 3 heterocycles. The number of ether oxygens (including phenoxy) is 1. The van der Waals surface area contributed by atoms with Crippen molar-refractivity contribution in [2.75, 3.05) is 37.7 Å². The van der Waals surface area contributed by atoms with E-state index in [4.69, 9.17) is 9.72 Å². The van der Waals surface area contributed by atoms with Crippen LogP contribution in [0, 0.1) is 0 Å². The Balaban J connectivity index is 1.40. The fourth-order valence-corrected chi connectivity index (χ4v) is 5.37. The summed E-state index contributed by atoms with van der Waals surface area (Å²) < 4.78 is 8.82. The average Bonchev–Trinajstić information content (AvgIpc) is 3.49. The molecular formula is C24H29N7OS. The molecule has 0 spiro atoms. The van der Waals surface area contributed by atoms with Crippen LogP contribution in [0.3, 0.4) is 0 Å². The van der Waals surface area contributed by atoms with Crippen molar-refractivity contribution in [2.24, 2.45) is 0 Å². The zero-order chi connectivity index (χ0) is 22.8. The fraction of sp³-hybridized carbons (Fsp3) is 0.417. The van der Waals surface area contributed by atoms with E-state index in [2.05, 4.69) is 69.5 Å². The number of tetrazole rings is 1. The van der Waals surface area contributed by atoms with Gasteiger partial charge in [-0.3, -0.25) is 4.90 Å². The van der Waals surface area contributed by atoms with Gasteiger partial charge in [0.25, 0.3) is 0 Å². The van der Waals surface area contributed by atoms with Crippen molar-refractivity contribution in [3.8, 4) is 5.75 Å². The number of thiazole rings is 1. The maximum absolute atomic E-state index is 5.66. The van der Waals surface area contributed by atoms with Gasteiger partial charge in [0.2, 0.25) is 0 Å². The van der Waals surface area contributed by atoms with Crippen LogP contribution in [0.1, 0.15) is 44.2 Å². The van der Waals surface area contributed by atoms with Crippen LogP contribution in [-0.2, 0) is 0 Å². The molecule has 0 saturated carbocycles. The van der Waals surface area contributed by atoms with Gasteiger partial charge in [-0.1, -0.05) is 35.6 Å². The second-order valence-corrected chi connectivity index (χ2v) is 9.48. The summed E-state index contributed by atoms with van der Waals surface area (Å²) >= 11 is 1.77. The molecule has 2 aromatic carbocycles. The average molecular weight is 464 g/mol. The molecule has 33 heavy (non-hydrogen) atoms. The van der Waals surface area contributed by atoms with E-state index < -0.39 is 0 Å². The standard InChI is InChI=1S/C24H29N7OS/c1-4-32-19-11-9-18(10-12-19)22(23-26-27-28-31(23)17(2)3)29-13-15-30(16-14-29)24-25-20-7-5-6-8-21(20)33-24/h5-12,17,22H,4,13-16H2,1-3H3. The summed E-state index contributed by atoms with van der Waals surface area (Å²) in [5.41, 5.74) is 2.24. The van der Waals surface area contributed by atoms with Gasteiger partial charge in [-0.25, -0.2) is 9.67 Å². The lowest BCUT2D eigenvalue weighted by atomic mass is 10.0. The molecule has 1 aliphatic rings. The lowest BCUT2D eigenvalue weighted by Crippen LogP contribution is -2.48. The SMILES string of the molecule is CCOc1ccc(C(c2nnnn2C(C)C)N2CCN(c3nc4ccccc4s3)CC2)cc1. The number of para-hydroxylation sites is 1. The molecule has 8 nitrogen and oxygen atoms in total. The minimum Gasteiger partial charge on any atom is -0.494 e. The van der Waals surface area contributed by atoms with E-state index in [1.54, 1.807) is 11.3 Å². The van der Waals surface area contributed by atoms with Crippen molar-refractivity contribution in [1.82, 2.24) is 30.1 Å². The molecule has 1 aliphatic heterocycles. The van der Waals surface area contributed by atoms with Crippen LogP contribution in [0.5, 0.6) is 5.75 Å². The Bertz CT molecular complexity index is 1160. The van der Waals surface area contributed by atoms with Crippen LogP contribution in [0.25, 0.3) is 10.2 Å². The largest absolute Gasteiger partial charge is 0.494 e. The molecule has 1 unspecified atom stereocenters. The molecule has 0 aliphatic carbocycles. The van der Waals surface area contributed by atoms with Crippen LogP contribution in [-0.4, -0.2) is 62.9 Å². The summed E-state index contributed by atoms with van der Waals surface area (Å²) in [5.74, 6) is 1.76. The number of hydrogen-bond acceptors (Lipinski definition) is 8. The molecule has 5 rings (SSSR count). The number of benzene rings is 2. The predicted molar refractivity (Wildman–Crippen MR) is 131 cm³/mol. The van der Waals surface area contributed by atoms with E-state index in [0.717, 1.165) is 48.4 Å². The van der Waals surface area contributed by atoms with Crippen molar-refractivity contribution in [3.05, 3.63) is 59.9 Å². The molecule has 1 fully saturated rings. The first-order valence-corrected chi connectivity index (χ1v) is 12.3. The van der Waals surface area contributed by atoms with E-state index in [-0.39, 0.29) is 12.1 Å². The summed E-state index contributed by atoms with van der Waals surface area (Å²) in [5, 5.41) is 13.8. The number of rotatable bonds is 7. The fourth-order valence-electron chi connectivity index (χ4n) is 4.35. The molecule has 9 heteroatoms. The number of piperazine rings is 1. The van der Waals surface area contributed by atoms with Crippen LogP contribution in [0.4, 0.5) is 5.13 Å². The van der Waals surface area contributed by atoms with Crippen molar-refractivity contribution in [1.29, 1.82) is 0 Å². The topological polar surface area (TPSA) is 72.2 Å². The highest BCUT2D eigenvalue weighted by Gasteiger charge is 2.31. The van der Waals surface area contributed by atoms with Gasteiger partial charge in [0.05, 0.1) is 28.9 Å². The maximum atomic E-state index is 5.66. The second-order valence-electron chi connectivity index (χ2n) is 8.47. The van der Waals surface area contributed by atoms with Crippen LogP contribution < -0.4 is 9.64 Å². The lowest BCUT2D eigenvalue weighted by molar-refractivity contribution is 0.199. The summed E-state index contributed by atoms with van der Waals surface area (Å²) in [6.45, 7) is 10.5. The summed E-state index contributed by atoms with van der Waals surface area (Å²) in [4.78, 5) is 9.72. The predicted octanol–water partition coefficient (Wildman–Crippen LogP) is 4.17. The van der Waals surface area contributed by atoms with E-state index >= 15 is 0 Å². The molecule has 0 N–H and O–H groups in total. The highest BCUT2D eigenvalue weighted by atomic mass is 32.1. The first kappa shape index (κ1) is 21.8. The van der Waals surface area contributed by atoms with E-state index in [9.17, 15) is 0 Å². The Labute approximate surface area is 197 Å². The highest BCUT2D eigenvalue weighted by Crippen LogP contribution is 2.33. The van der Waals surface area contributed by atoms with Gasteiger partial charge in [0, 0.05) is 26.2 Å². The Morgan fingerprint density at radius 3 is 2.45 bits per heavy atom. The molecule has 1 atom stereocenters. The van der Waals surface area contributed by atoms with Gasteiger partial charge in [-0.15, -0.1) is 5.10 Å². The zero-order valence-corrected chi connectivity index (χ0v) is 20.1. The van der Waals surface area contributed by atoms with Crippen molar-refractivity contribution in [3.63, 3.8) is 0 Å². The Hall–Kier alpha value is -3.04. The first-order chi connectivity index (χ1) is 16.1. The molecular weight excluding hydrogens is 434 g/mol. The van der Waals surface area contributed by atoms with Crippen molar-refractivity contribution < 1.29 is 4.74 Å². The molecule has 172 valence electrons. The maximum Gasteiger partial charge on any atom is 0.186 e.